The molecule has 6 nitrogen and oxygen atoms in total. The van der Waals surface area contributed by atoms with Gasteiger partial charge in [-0.3, -0.25) is 0 Å². The van der Waals surface area contributed by atoms with Crippen molar-refractivity contribution in [3.8, 4) is 23.0 Å². The Labute approximate surface area is 198 Å². The summed E-state index contributed by atoms with van der Waals surface area (Å²) >= 11 is -4.12. The van der Waals surface area contributed by atoms with Gasteiger partial charge in [-0.1, -0.05) is 0 Å². The van der Waals surface area contributed by atoms with Crippen LogP contribution in [-0.4, -0.2) is 11.9 Å². The molecule has 0 aromatic heterocycles. The van der Waals surface area contributed by atoms with E-state index in [0.717, 1.165) is 19.4 Å². The van der Waals surface area contributed by atoms with Gasteiger partial charge in [0.05, 0.1) is 0 Å². The Morgan fingerprint density at radius 3 is 1.30 bits per heavy atom. The molecule has 0 N–H and O–H groups in total. The Balaban J connectivity index is 1.68. The second-order valence-corrected chi connectivity index (χ2v) is 14.8. The maximum atomic E-state index is 11.2. The molecule has 0 fully saturated rings. The first-order valence-electron chi connectivity index (χ1n) is 10.6. The molecule has 0 spiro atoms. The number of carbonyl (C=O) groups excluding carboxylic acids is 2. The molecule has 7 heteroatoms. The van der Waals surface area contributed by atoms with Gasteiger partial charge >= 0.3 is 199 Å². The van der Waals surface area contributed by atoms with Crippen molar-refractivity contribution in [2.45, 2.75) is 26.7 Å². The summed E-state index contributed by atoms with van der Waals surface area (Å²) in [5.41, 5.74) is 0. The Bertz CT molecular complexity index is 1060. The van der Waals surface area contributed by atoms with Crippen LogP contribution < -0.4 is 15.1 Å². The molecule has 0 bridgehead atoms. The van der Waals surface area contributed by atoms with E-state index in [-0.39, 0.29) is 11.9 Å². The van der Waals surface area contributed by atoms with Gasteiger partial charge in [0.15, 0.2) is 0 Å². The van der Waals surface area contributed by atoms with Gasteiger partial charge in [0.25, 0.3) is 0 Å². The van der Waals surface area contributed by atoms with E-state index in [0.29, 0.717) is 23.0 Å². The van der Waals surface area contributed by atoms with E-state index in [1.165, 1.54) is 13.8 Å². The number of hydrogen-bond donors (Lipinski definition) is 0. The second kappa shape index (κ2) is 10.2. The van der Waals surface area contributed by atoms with Gasteiger partial charge in [0, 0.05) is 0 Å². The van der Waals surface area contributed by atoms with Gasteiger partial charge in [0.2, 0.25) is 0 Å². The van der Waals surface area contributed by atoms with E-state index in [1.807, 2.05) is 12.2 Å². The Morgan fingerprint density at radius 1 is 0.636 bits per heavy atom. The SMILES string of the molecule is CC(=O)Oc1ccc([O][Zr]([O]c2ccc(OC(C)=O)cc2)([C]2=CC=CC2)[C]2=CC=CC2)cc1. The predicted octanol–water partition coefficient (Wildman–Crippen LogP) is 5.67. The molecule has 4 rings (SSSR count). The van der Waals surface area contributed by atoms with Crippen LogP contribution in [0.4, 0.5) is 0 Å². The molecule has 0 heterocycles. The number of rotatable bonds is 8. The number of carbonyl (C=O) groups is 2. The third-order valence-corrected chi connectivity index (χ3v) is 13.6. The Morgan fingerprint density at radius 2 is 1.00 bits per heavy atom. The number of ether oxygens (including phenoxy) is 2. The zero-order chi connectivity index (χ0) is 23.3. The standard InChI is InChI=1S/2C8H8O3.2C5H5.Zr/c2*1-6(9)11-8-4-2-7(10)3-5-8;2*1-2-4-5-3-1;/h2*2-5,10H,1H3;2*1-3H,4H2;/q;;;;+2/p-2. The first kappa shape index (κ1) is 23.0. The van der Waals surface area contributed by atoms with Crippen molar-refractivity contribution in [3.63, 3.8) is 0 Å². The van der Waals surface area contributed by atoms with Crippen LogP contribution in [-0.2, 0) is 30.7 Å². The molecule has 33 heavy (non-hydrogen) atoms. The first-order valence-corrected chi connectivity index (χ1v) is 15.1. The fraction of sp³-hybridized carbons (Fsp3) is 0.154. The maximum absolute atomic E-state index is 11.2. The number of esters is 2. The summed E-state index contributed by atoms with van der Waals surface area (Å²) in [5, 5.41) is 0. The zero-order valence-electron chi connectivity index (χ0n) is 18.4. The quantitative estimate of drug-likeness (QED) is 0.328. The van der Waals surface area contributed by atoms with Crippen molar-refractivity contribution in [3.05, 3.63) is 91.5 Å². The minimum absolute atomic E-state index is 0.373. The van der Waals surface area contributed by atoms with Gasteiger partial charge in [-0.05, 0) is 0 Å². The van der Waals surface area contributed by atoms with Crippen molar-refractivity contribution < 1.29 is 45.8 Å². The van der Waals surface area contributed by atoms with Crippen molar-refractivity contribution in [2.24, 2.45) is 0 Å². The Kier molecular flexibility index (Phi) is 7.09. The van der Waals surface area contributed by atoms with Crippen LogP contribution in [0.1, 0.15) is 26.7 Å². The summed E-state index contributed by atoms with van der Waals surface area (Å²) < 4.78 is 26.2. The summed E-state index contributed by atoms with van der Waals surface area (Å²) in [5.74, 6) is 1.48. The molecule has 0 unspecified atom stereocenters. The fourth-order valence-corrected chi connectivity index (χ4v) is 11.8. The van der Waals surface area contributed by atoms with Crippen LogP contribution in [0, 0.1) is 0 Å². The summed E-state index contributed by atoms with van der Waals surface area (Å²) in [6, 6.07) is 14.0. The number of allylic oxidation sites excluding steroid dienone is 8. The summed E-state index contributed by atoms with van der Waals surface area (Å²) in [6.45, 7) is 2.73. The van der Waals surface area contributed by atoms with Gasteiger partial charge in [0.1, 0.15) is 0 Å². The van der Waals surface area contributed by atoms with E-state index in [2.05, 4.69) is 24.3 Å². The van der Waals surface area contributed by atoms with Crippen molar-refractivity contribution in [1.29, 1.82) is 0 Å². The van der Waals surface area contributed by atoms with Crippen molar-refractivity contribution in [2.75, 3.05) is 0 Å². The van der Waals surface area contributed by atoms with Crippen molar-refractivity contribution in [1.82, 2.24) is 0 Å². The van der Waals surface area contributed by atoms with Crippen LogP contribution in [0.25, 0.3) is 0 Å². The average Bonchev–Trinajstić information content (AvgIpc) is 3.50. The van der Waals surface area contributed by atoms with Crippen LogP contribution in [0.15, 0.2) is 91.5 Å². The van der Waals surface area contributed by atoms with E-state index >= 15 is 0 Å². The molecule has 2 aromatic carbocycles. The zero-order valence-corrected chi connectivity index (χ0v) is 20.9. The van der Waals surface area contributed by atoms with Crippen LogP contribution >= 0.6 is 0 Å². The van der Waals surface area contributed by atoms with E-state index < -0.39 is 21.1 Å². The minimum atomic E-state index is -4.12. The van der Waals surface area contributed by atoms with Gasteiger partial charge in [-0.2, -0.15) is 0 Å². The van der Waals surface area contributed by atoms with E-state index in [9.17, 15) is 9.59 Å². The van der Waals surface area contributed by atoms with E-state index in [1.54, 1.807) is 48.5 Å². The van der Waals surface area contributed by atoms with Gasteiger partial charge in [-0.25, -0.2) is 0 Å². The van der Waals surface area contributed by atoms with Crippen molar-refractivity contribution >= 4 is 11.9 Å². The third kappa shape index (κ3) is 5.61. The van der Waals surface area contributed by atoms with Crippen LogP contribution in [0.3, 0.4) is 0 Å². The monoisotopic (exact) mass is 522 g/mol. The normalized spacial score (nSPS) is 14.5. The fourth-order valence-electron chi connectivity index (χ4n) is 3.69. The molecular weight excluding hydrogens is 500 g/mol. The predicted molar refractivity (Wildman–Crippen MR) is 120 cm³/mol. The molecule has 168 valence electrons. The molecule has 2 aromatic rings. The summed E-state index contributed by atoms with van der Waals surface area (Å²) in [4.78, 5) is 22.5. The topological polar surface area (TPSA) is 71.1 Å². The molecule has 2 aliphatic rings. The average molecular weight is 524 g/mol. The van der Waals surface area contributed by atoms with Gasteiger partial charge < -0.3 is 0 Å². The van der Waals surface area contributed by atoms with Crippen LogP contribution in [0.2, 0.25) is 0 Å². The molecule has 0 radical (unpaired) electrons. The molecule has 0 atom stereocenters. The summed E-state index contributed by atoms with van der Waals surface area (Å²) in [6.07, 6.45) is 14.0. The first-order chi connectivity index (χ1) is 15.9. The third-order valence-electron chi connectivity index (χ3n) is 5.08. The molecule has 0 saturated carbocycles. The Hall–Kier alpha value is -3.18. The van der Waals surface area contributed by atoms with Gasteiger partial charge in [-0.15, -0.1) is 0 Å². The molecule has 0 saturated heterocycles. The molecule has 0 aliphatic heterocycles. The molecule has 0 amide bonds. The number of hydrogen-bond acceptors (Lipinski definition) is 6. The number of benzene rings is 2. The van der Waals surface area contributed by atoms with Crippen LogP contribution in [0.5, 0.6) is 23.0 Å². The van der Waals surface area contributed by atoms with E-state index in [4.69, 9.17) is 15.1 Å². The molecular formula is C26H24O6Zr. The summed E-state index contributed by atoms with van der Waals surface area (Å²) in [7, 11) is 0. The molecule has 2 aliphatic carbocycles. The second-order valence-electron chi connectivity index (χ2n) is 7.60.